The lowest BCUT2D eigenvalue weighted by Crippen LogP contribution is -2.24. The lowest BCUT2D eigenvalue weighted by atomic mass is 10.2. The van der Waals surface area contributed by atoms with Crippen molar-refractivity contribution in [1.29, 1.82) is 0 Å². The van der Waals surface area contributed by atoms with Gasteiger partial charge in [-0.3, -0.25) is 4.79 Å². The van der Waals surface area contributed by atoms with E-state index in [1.807, 2.05) is 25.4 Å². The molecule has 2 aromatic carbocycles. The molecule has 118 valence electrons. The van der Waals surface area contributed by atoms with Gasteiger partial charge >= 0.3 is 0 Å². The molecule has 0 atom stereocenters. The fourth-order valence-electron chi connectivity index (χ4n) is 2.42. The number of nitrogens with one attached hydrogen (secondary N) is 1. The van der Waals surface area contributed by atoms with Gasteiger partial charge in [-0.05, 0) is 23.8 Å². The first-order valence-electron chi connectivity index (χ1n) is 7.31. The molecule has 0 fully saturated rings. The Morgan fingerprint density at radius 2 is 1.91 bits per heavy atom. The second-order valence-corrected chi connectivity index (χ2v) is 6.33. The number of aromatic nitrogens is 1. The number of amides is 1. The Bertz CT molecular complexity index is 827. The summed E-state index contributed by atoms with van der Waals surface area (Å²) in [5.41, 5.74) is 2.04. The van der Waals surface area contributed by atoms with Crippen molar-refractivity contribution in [2.24, 2.45) is 7.05 Å². The molecule has 0 spiro atoms. The summed E-state index contributed by atoms with van der Waals surface area (Å²) >= 11 is 1.52. The van der Waals surface area contributed by atoms with Gasteiger partial charge in [0.05, 0.1) is 5.75 Å². The summed E-state index contributed by atoms with van der Waals surface area (Å²) in [4.78, 5) is 13.1. The Hall–Kier alpha value is -2.27. The highest BCUT2D eigenvalue weighted by Gasteiger charge is 2.09. The summed E-state index contributed by atoms with van der Waals surface area (Å²) in [5, 5.41) is 4.01. The minimum atomic E-state index is -0.272. The molecule has 23 heavy (non-hydrogen) atoms. The highest BCUT2D eigenvalue weighted by atomic mass is 32.2. The van der Waals surface area contributed by atoms with Gasteiger partial charge in [0.2, 0.25) is 5.91 Å². The SMILES string of the molecule is Cn1cc(SCC(=O)NCc2ccc(F)cc2)c2ccccc21. The molecule has 0 aliphatic rings. The molecule has 0 bridgehead atoms. The maximum Gasteiger partial charge on any atom is 0.230 e. The summed E-state index contributed by atoms with van der Waals surface area (Å²) in [5.74, 6) is 0.0497. The summed E-state index contributed by atoms with van der Waals surface area (Å²) < 4.78 is 14.9. The maximum atomic E-state index is 12.8. The van der Waals surface area contributed by atoms with E-state index in [2.05, 4.69) is 22.0 Å². The van der Waals surface area contributed by atoms with Crippen molar-refractivity contribution in [2.75, 3.05) is 5.75 Å². The van der Waals surface area contributed by atoms with Gasteiger partial charge in [0.1, 0.15) is 5.82 Å². The van der Waals surface area contributed by atoms with Crippen molar-refractivity contribution < 1.29 is 9.18 Å². The van der Waals surface area contributed by atoms with Crippen LogP contribution < -0.4 is 5.32 Å². The van der Waals surface area contributed by atoms with E-state index in [-0.39, 0.29) is 11.7 Å². The van der Waals surface area contributed by atoms with Gasteiger partial charge in [0, 0.05) is 35.6 Å². The number of hydrogen-bond acceptors (Lipinski definition) is 2. The second-order valence-electron chi connectivity index (χ2n) is 5.31. The number of benzene rings is 2. The van der Waals surface area contributed by atoms with Gasteiger partial charge in [-0.1, -0.05) is 30.3 Å². The van der Waals surface area contributed by atoms with Crippen molar-refractivity contribution in [3.8, 4) is 0 Å². The van der Waals surface area contributed by atoms with Gasteiger partial charge in [0.25, 0.3) is 0 Å². The molecule has 3 aromatic rings. The number of fused-ring (bicyclic) bond motifs is 1. The Morgan fingerprint density at radius 1 is 1.17 bits per heavy atom. The number of aryl methyl sites for hydroxylation is 1. The number of thioether (sulfide) groups is 1. The monoisotopic (exact) mass is 328 g/mol. The van der Waals surface area contributed by atoms with Crippen LogP contribution in [0.2, 0.25) is 0 Å². The number of para-hydroxylation sites is 1. The van der Waals surface area contributed by atoms with Gasteiger partial charge in [-0.2, -0.15) is 0 Å². The molecule has 1 N–H and O–H groups in total. The van der Waals surface area contributed by atoms with Crippen LogP contribution >= 0.6 is 11.8 Å². The summed E-state index contributed by atoms with van der Waals surface area (Å²) in [6, 6.07) is 14.3. The smallest absolute Gasteiger partial charge is 0.230 e. The third kappa shape index (κ3) is 3.74. The van der Waals surface area contributed by atoms with Crippen LogP contribution in [0.15, 0.2) is 59.6 Å². The van der Waals surface area contributed by atoms with E-state index in [0.29, 0.717) is 12.3 Å². The first-order chi connectivity index (χ1) is 11.1. The third-order valence-corrected chi connectivity index (χ3v) is 4.66. The first kappa shape index (κ1) is 15.6. The molecule has 3 rings (SSSR count). The summed E-state index contributed by atoms with van der Waals surface area (Å²) in [6.07, 6.45) is 2.04. The van der Waals surface area contributed by atoms with E-state index in [1.54, 1.807) is 12.1 Å². The van der Waals surface area contributed by atoms with E-state index >= 15 is 0 Å². The molecular formula is C18H17FN2OS. The number of hydrogen-bond donors (Lipinski definition) is 1. The van der Waals surface area contributed by atoms with Crippen LogP contribution in [0.1, 0.15) is 5.56 Å². The number of halogens is 1. The average molecular weight is 328 g/mol. The van der Waals surface area contributed by atoms with Gasteiger partial charge < -0.3 is 9.88 Å². The zero-order valence-corrected chi connectivity index (χ0v) is 13.6. The predicted molar refractivity (Wildman–Crippen MR) is 91.9 cm³/mol. The number of carbonyl (C=O) groups is 1. The number of nitrogens with zero attached hydrogens (tertiary/aromatic N) is 1. The van der Waals surface area contributed by atoms with Crippen molar-refractivity contribution in [3.63, 3.8) is 0 Å². The van der Waals surface area contributed by atoms with Crippen molar-refractivity contribution in [2.45, 2.75) is 11.4 Å². The first-order valence-corrected chi connectivity index (χ1v) is 8.30. The van der Waals surface area contributed by atoms with Crippen LogP contribution in [0.3, 0.4) is 0 Å². The Kier molecular flexibility index (Phi) is 4.67. The highest BCUT2D eigenvalue weighted by Crippen LogP contribution is 2.29. The van der Waals surface area contributed by atoms with Crippen LogP contribution in [0.25, 0.3) is 10.9 Å². The van der Waals surface area contributed by atoms with E-state index in [9.17, 15) is 9.18 Å². The lowest BCUT2D eigenvalue weighted by molar-refractivity contribution is -0.118. The zero-order chi connectivity index (χ0) is 16.2. The fraction of sp³-hybridized carbons (Fsp3) is 0.167. The Labute approximate surface area is 138 Å². The predicted octanol–water partition coefficient (Wildman–Crippen LogP) is 3.73. The highest BCUT2D eigenvalue weighted by molar-refractivity contribution is 8.00. The molecule has 0 unspecified atom stereocenters. The van der Waals surface area contributed by atoms with Crippen LogP contribution in [-0.2, 0) is 18.4 Å². The van der Waals surface area contributed by atoms with E-state index in [4.69, 9.17) is 0 Å². The Balaban J connectivity index is 1.57. The quantitative estimate of drug-likeness (QED) is 0.724. The average Bonchev–Trinajstić information content (AvgIpc) is 2.89. The molecule has 0 aliphatic carbocycles. The summed E-state index contributed by atoms with van der Waals surface area (Å²) in [7, 11) is 2.00. The van der Waals surface area contributed by atoms with E-state index in [0.717, 1.165) is 21.4 Å². The van der Waals surface area contributed by atoms with Crippen molar-refractivity contribution >= 4 is 28.6 Å². The summed E-state index contributed by atoms with van der Waals surface area (Å²) in [6.45, 7) is 0.412. The molecule has 3 nitrogen and oxygen atoms in total. The van der Waals surface area contributed by atoms with Gasteiger partial charge in [-0.15, -0.1) is 11.8 Å². The minimum Gasteiger partial charge on any atom is -0.351 e. The minimum absolute atomic E-state index is 0.0349. The van der Waals surface area contributed by atoms with Crippen molar-refractivity contribution in [3.05, 3.63) is 66.1 Å². The molecule has 5 heteroatoms. The standard InChI is InChI=1S/C18H17FN2OS/c1-21-11-17(15-4-2-3-5-16(15)21)23-12-18(22)20-10-13-6-8-14(19)9-7-13/h2-9,11H,10,12H2,1H3,(H,20,22). The number of rotatable bonds is 5. The zero-order valence-electron chi connectivity index (χ0n) is 12.8. The van der Waals surface area contributed by atoms with E-state index in [1.165, 1.54) is 23.9 Å². The van der Waals surface area contributed by atoms with E-state index < -0.39 is 0 Å². The normalized spacial score (nSPS) is 10.9. The van der Waals surface area contributed by atoms with Crippen LogP contribution in [0, 0.1) is 5.82 Å². The maximum absolute atomic E-state index is 12.8. The molecule has 0 saturated carbocycles. The lowest BCUT2D eigenvalue weighted by Gasteiger charge is -2.05. The number of carbonyl (C=O) groups excluding carboxylic acids is 1. The topological polar surface area (TPSA) is 34.0 Å². The van der Waals surface area contributed by atoms with Gasteiger partial charge in [0.15, 0.2) is 0 Å². The third-order valence-electron chi connectivity index (χ3n) is 3.62. The molecule has 1 amide bonds. The molecule has 1 aromatic heterocycles. The Morgan fingerprint density at radius 3 is 2.70 bits per heavy atom. The van der Waals surface area contributed by atoms with Crippen LogP contribution in [0.5, 0.6) is 0 Å². The molecule has 0 aliphatic heterocycles. The molecule has 1 heterocycles. The fourth-order valence-corrected chi connectivity index (χ4v) is 3.37. The molecular weight excluding hydrogens is 311 g/mol. The van der Waals surface area contributed by atoms with Crippen molar-refractivity contribution in [1.82, 2.24) is 9.88 Å². The molecule has 0 radical (unpaired) electrons. The molecule has 0 saturated heterocycles. The van der Waals surface area contributed by atoms with Crippen LogP contribution in [-0.4, -0.2) is 16.2 Å². The second kappa shape index (κ2) is 6.87. The van der Waals surface area contributed by atoms with Crippen LogP contribution in [0.4, 0.5) is 4.39 Å². The largest absolute Gasteiger partial charge is 0.351 e. The van der Waals surface area contributed by atoms with Gasteiger partial charge in [-0.25, -0.2) is 4.39 Å².